The number of halogens is 1. The summed E-state index contributed by atoms with van der Waals surface area (Å²) in [6.45, 7) is 2.04. The van der Waals surface area contributed by atoms with Gasteiger partial charge in [0, 0.05) is 30.4 Å². The summed E-state index contributed by atoms with van der Waals surface area (Å²) in [5.41, 5.74) is 0.744. The molecule has 114 valence electrons. The maximum absolute atomic E-state index is 11.8. The first-order chi connectivity index (χ1) is 10.7. The van der Waals surface area contributed by atoms with Gasteiger partial charge in [-0.3, -0.25) is 4.98 Å². The normalized spacial score (nSPS) is 13.4. The third-order valence-electron chi connectivity index (χ3n) is 3.38. The zero-order valence-electron chi connectivity index (χ0n) is 12.0. The molecule has 6 heteroatoms. The minimum Gasteiger partial charge on any atom is -0.457 e. The minimum atomic E-state index is -0.0470. The highest BCUT2D eigenvalue weighted by atomic mass is 35.5. The average Bonchev–Trinajstić information content (AvgIpc) is 2.44. The Labute approximate surface area is 133 Å². The van der Waals surface area contributed by atoms with Crippen LogP contribution in [0.15, 0.2) is 42.6 Å². The van der Waals surface area contributed by atoms with Gasteiger partial charge in [-0.1, -0.05) is 17.7 Å². The summed E-state index contributed by atoms with van der Waals surface area (Å²) in [5.74, 6) is 1.32. The molecule has 2 amide bonds. The number of urea groups is 1. The summed E-state index contributed by atoms with van der Waals surface area (Å²) in [7, 11) is 0. The lowest BCUT2D eigenvalue weighted by Gasteiger charge is -2.30. The van der Waals surface area contributed by atoms with Crippen LogP contribution in [-0.4, -0.2) is 29.0 Å². The number of amides is 2. The number of carbonyl (C=O) groups excluding carboxylic acids is 1. The van der Waals surface area contributed by atoms with Crippen LogP contribution in [0.25, 0.3) is 0 Å². The quantitative estimate of drug-likeness (QED) is 0.939. The number of benzene rings is 1. The number of ether oxygens (including phenoxy) is 1. The maximum atomic E-state index is 11.8. The Morgan fingerprint density at radius 3 is 2.82 bits per heavy atom. The second kappa shape index (κ2) is 6.66. The predicted molar refractivity (Wildman–Crippen MR) is 84.2 cm³/mol. The van der Waals surface area contributed by atoms with Gasteiger partial charge < -0.3 is 15.0 Å². The molecule has 2 heterocycles. The van der Waals surface area contributed by atoms with Crippen molar-refractivity contribution in [1.29, 1.82) is 0 Å². The van der Waals surface area contributed by atoms with Crippen molar-refractivity contribution in [3.63, 3.8) is 0 Å². The van der Waals surface area contributed by atoms with Crippen molar-refractivity contribution in [2.75, 3.05) is 13.1 Å². The number of hydrogen-bond acceptors (Lipinski definition) is 3. The third-order valence-corrected chi connectivity index (χ3v) is 3.62. The molecule has 1 fully saturated rings. The molecule has 0 unspecified atom stereocenters. The molecular weight excluding hydrogens is 302 g/mol. The smallest absolute Gasteiger partial charge is 0.317 e. The van der Waals surface area contributed by atoms with Gasteiger partial charge >= 0.3 is 6.03 Å². The van der Waals surface area contributed by atoms with Crippen molar-refractivity contribution in [3.05, 3.63) is 53.3 Å². The first-order valence-corrected chi connectivity index (χ1v) is 7.50. The van der Waals surface area contributed by atoms with E-state index in [4.69, 9.17) is 16.3 Å². The van der Waals surface area contributed by atoms with Gasteiger partial charge in [0.25, 0.3) is 0 Å². The van der Waals surface area contributed by atoms with E-state index in [0.717, 1.165) is 25.2 Å². The SMILES string of the molecule is O=C(NCc1cc(Oc2cccc(Cl)c2)ccn1)N1CCC1. The van der Waals surface area contributed by atoms with E-state index in [1.54, 1.807) is 35.4 Å². The lowest BCUT2D eigenvalue weighted by molar-refractivity contribution is 0.167. The zero-order chi connectivity index (χ0) is 15.4. The summed E-state index contributed by atoms with van der Waals surface area (Å²) in [5, 5.41) is 3.47. The average molecular weight is 318 g/mol. The highest BCUT2D eigenvalue weighted by Crippen LogP contribution is 2.24. The van der Waals surface area contributed by atoms with Crippen molar-refractivity contribution in [1.82, 2.24) is 15.2 Å². The molecule has 0 bridgehead atoms. The molecule has 22 heavy (non-hydrogen) atoms. The van der Waals surface area contributed by atoms with Gasteiger partial charge in [0.2, 0.25) is 0 Å². The summed E-state index contributed by atoms with van der Waals surface area (Å²) in [6, 6.07) is 10.7. The summed E-state index contributed by atoms with van der Waals surface area (Å²) >= 11 is 5.93. The number of nitrogens with one attached hydrogen (secondary N) is 1. The van der Waals surface area contributed by atoms with Gasteiger partial charge in [-0.05, 0) is 30.7 Å². The first-order valence-electron chi connectivity index (χ1n) is 7.12. The standard InChI is InChI=1S/C16H16ClN3O2/c17-12-3-1-4-14(9-12)22-15-5-6-18-13(10-15)11-19-16(21)20-7-2-8-20/h1,3-6,9-10H,2,7-8,11H2,(H,19,21). The molecule has 0 atom stereocenters. The van der Waals surface area contributed by atoms with Crippen LogP contribution in [0.1, 0.15) is 12.1 Å². The van der Waals surface area contributed by atoms with Gasteiger partial charge in [-0.15, -0.1) is 0 Å². The highest BCUT2D eigenvalue weighted by Gasteiger charge is 2.19. The van der Waals surface area contributed by atoms with Crippen LogP contribution in [0.3, 0.4) is 0 Å². The van der Waals surface area contributed by atoms with Gasteiger partial charge in [0.05, 0.1) is 12.2 Å². The monoisotopic (exact) mass is 317 g/mol. The Morgan fingerprint density at radius 1 is 1.27 bits per heavy atom. The van der Waals surface area contributed by atoms with E-state index >= 15 is 0 Å². The lowest BCUT2D eigenvalue weighted by atomic mass is 10.2. The van der Waals surface area contributed by atoms with Crippen molar-refractivity contribution in [2.24, 2.45) is 0 Å². The van der Waals surface area contributed by atoms with Crippen LogP contribution in [0.4, 0.5) is 4.79 Å². The largest absolute Gasteiger partial charge is 0.457 e. The highest BCUT2D eigenvalue weighted by molar-refractivity contribution is 6.30. The molecule has 2 aromatic rings. The van der Waals surface area contributed by atoms with E-state index in [0.29, 0.717) is 23.1 Å². The minimum absolute atomic E-state index is 0.0470. The number of likely N-dealkylation sites (tertiary alicyclic amines) is 1. The van der Waals surface area contributed by atoms with Crippen LogP contribution in [-0.2, 0) is 6.54 Å². The molecule has 0 saturated carbocycles. The fourth-order valence-corrected chi connectivity index (χ4v) is 2.26. The van der Waals surface area contributed by atoms with E-state index in [2.05, 4.69) is 10.3 Å². The Bertz CT molecular complexity index is 674. The van der Waals surface area contributed by atoms with Crippen molar-refractivity contribution in [2.45, 2.75) is 13.0 Å². The van der Waals surface area contributed by atoms with E-state index in [1.807, 2.05) is 12.1 Å². The van der Waals surface area contributed by atoms with E-state index < -0.39 is 0 Å². The fraction of sp³-hybridized carbons (Fsp3) is 0.250. The van der Waals surface area contributed by atoms with Crippen molar-refractivity contribution < 1.29 is 9.53 Å². The molecule has 0 aliphatic carbocycles. The summed E-state index contributed by atoms with van der Waals surface area (Å²) in [6.07, 6.45) is 2.74. The Hall–Kier alpha value is -2.27. The number of pyridine rings is 1. The molecule has 1 N–H and O–H groups in total. The lowest BCUT2D eigenvalue weighted by Crippen LogP contribution is -2.47. The molecule has 3 rings (SSSR count). The van der Waals surface area contributed by atoms with E-state index in [1.165, 1.54) is 0 Å². The van der Waals surface area contributed by atoms with Crippen LogP contribution in [0, 0.1) is 0 Å². The van der Waals surface area contributed by atoms with Crippen LogP contribution in [0.2, 0.25) is 5.02 Å². The molecule has 1 aromatic carbocycles. The van der Waals surface area contributed by atoms with Gasteiger partial charge in [0.15, 0.2) is 0 Å². The Balaban J connectivity index is 1.60. The second-order valence-electron chi connectivity index (χ2n) is 5.04. The van der Waals surface area contributed by atoms with Crippen molar-refractivity contribution >= 4 is 17.6 Å². The summed E-state index contributed by atoms with van der Waals surface area (Å²) in [4.78, 5) is 17.8. The molecular formula is C16H16ClN3O2. The second-order valence-corrected chi connectivity index (χ2v) is 5.48. The molecule has 1 aromatic heterocycles. The van der Waals surface area contributed by atoms with Gasteiger partial charge in [0.1, 0.15) is 11.5 Å². The molecule has 0 radical (unpaired) electrons. The van der Waals surface area contributed by atoms with Crippen molar-refractivity contribution in [3.8, 4) is 11.5 Å². The first kappa shape index (κ1) is 14.7. The number of hydrogen-bond donors (Lipinski definition) is 1. The number of nitrogens with zero attached hydrogens (tertiary/aromatic N) is 2. The number of rotatable bonds is 4. The zero-order valence-corrected chi connectivity index (χ0v) is 12.7. The summed E-state index contributed by atoms with van der Waals surface area (Å²) < 4.78 is 5.74. The van der Waals surface area contributed by atoms with Gasteiger partial charge in [-0.25, -0.2) is 4.79 Å². The van der Waals surface area contributed by atoms with Gasteiger partial charge in [-0.2, -0.15) is 0 Å². The van der Waals surface area contributed by atoms with E-state index in [-0.39, 0.29) is 6.03 Å². The maximum Gasteiger partial charge on any atom is 0.317 e. The predicted octanol–water partition coefficient (Wildman–Crippen LogP) is 3.44. The molecule has 1 aliphatic heterocycles. The molecule has 1 aliphatic rings. The fourth-order valence-electron chi connectivity index (χ4n) is 2.08. The van der Waals surface area contributed by atoms with Crippen LogP contribution >= 0.6 is 11.6 Å². The number of aromatic nitrogens is 1. The third kappa shape index (κ3) is 3.68. The van der Waals surface area contributed by atoms with E-state index in [9.17, 15) is 4.79 Å². The molecule has 1 saturated heterocycles. The topological polar surface area (TPSA) is 54.5 Å². The number of carbonyl (C=O) groups is 1. The Kier molecular flexibility index (Phi) is 4.44. The Morgan fingerprint density at radius 2 is 2.09 bits per heavy atom. The van der Waals surface area contributed by atoms with Crippen LogP contribution in [0.5, 0.6) is 11.5 Å². The van der Waals surface area contributed by atoms with Crippen LogP contribution < -0.4 is 10.1 Å². The molecule has 5 nitrogen and oxygen atoms in total. The molecule has 0 spiro atoms.